The van der Waals surface area contributed by atoms with Crippen molar-refractivity contribution in [2.24, 2.45) is 5.73 Å². The zero-order chi connectivity index (χ0) is 9.84. The molecule has 0 radical (unpaired) electrons. The molecule has 1 amide bonds. The van der Waals surface area contributed by atoms with Gasteiger partial charge < -0.3 is 10.6 Å². The van der Waals surface area contributed by atoms with E-state index in [9.17, 15) is 4.79 Å². The smallest absolute Gasteiger partial charge is 0.239 e. The van der Waals surface area contributed by atoms with Crippen molar-refractivity contribution in [1.29, 1.82) is 0 Å². The predicted octanol–water partition coefficient (Wildman–Crippen LogP) is 1.05. The number of likely N-dealkylation sites (N-methyl/N-ethyl adjacent to an activating group) is 1. The van der Waals surface area contributed by atoms with E-state index in [4.69, 9.17) is 5.73 Å². The molecule has 0 fully saturated rings. The summed E-state index contributed by atoms with van der Waals surface area (Å²) in [7, 11) is 1.77. The molecule has 0 spiro atoms. The second-order valence-electron chi connectivity index (χ2n) is 3.11. The number of rotatable bonds is 3. The maximum atomic E-state index is 11.4. The van der Waals surface area contributed by atoms with E-state index in [0.717, 1.165) is 5.56 Å². The van der Waals surface area contributed by atoms with E-state index in [0.29, 0.717) is 6.54 Å². The van der Waals surface area contributed by atoms with Crippen LogP contribution >= 0.6 is 11.3 Å². The summed E-state index contributed by atoms with van der Waals surface area (Å²) in [5.74, 6) is -0.0220. The molecular formula is C9H14N2OS. The highest BCUT2D eigenvalue weighted by molar-refractivity contribution is 7.07. The van der Waals surface area contributed by atoms with Crippen molar-refractivity contribution in [3.8, 4) is 0 Å². The molecule has 0 bridgehead atoms. The van der Waals surface area contributed by atoms with Gasteiger partial charge in [-0.25, -0.2) is 0 Å². The number of nitrogens with two attached hydrogens (primary N) is 1. The van der Waals surface area contributed by atoms with Gasteiger partial charge in [0.25, 0.3) is 0 Å². The van der Waals surface area contributed by atoms with Crippen LogP contribution in [0.15, 0.2) is 16.8 Å². The average Bonchev–Trinajstić information content (AvgIpc) is 2.55. The summed E-state index contributed by atoms with van der Waals surface area (Å²) in [5, 5.41) is 4.03. The highest BCUT2D eigenvalue weighted by Gasteiger charge is 2.13. The molecule has 0 aliphatic rings. The Bertz CT molecular complexity index is 269. The van der Waals surface area contributed by atoms with Crippen molar-refractivity contribution in [2.45, 2.75) is 19.5 Å². The molecule has 1 atom stereocenters. The summed E-state index contributed by atoms with van der Waals surface area (Å²) >= 11 is 1.63. The lowest BCUT2D eigenvalue weighted by Gasteiger charge is -2.18. The van der Waals surface area contributed by atoms with Gasteiger partial charge in [-0.05, 0) is 29.3 Å². The highest BCUT2D eigenvalue weighted by atomic mass is 32.1. The number of hydrogen-bond acceptors (Lipinski definition) is 3. The first-order valence-electron chi connectivity index (χ1n) is 4.13. The van der Waals surface area contributed by atoms with Gasteiger partial charge in [0.05, 0.1) is 6.04 Å². The Labute approximate surface area is 82.2 Å². The van der Waals surface area contributed by atoms with Crippen molar-refractivity contribution in [1.82, 2.24) is 4.90 Å². The third-order valence-corrected chi connectivity index (χ3v) is 2.50. The Hall–Kier alpha value is -0.870. The average molecular weight is 198 g/mol. The second kappa shape index (κ2) is 4.39. The molecule has 0 unspecified atom stereocenters. The molecule has 0 saturated heterocycles. The maximum absolute atomic E-state index is 11.4. The van der Waals surface area contributed by atoms with E-state index in [1.165, 1.54) is 0 Å². The Balaban J connectivity index is 2.51. The van der Waals surface area contributed by atoms with Crippen LogP contribution in [0.2, 0.25) is 0 Å². The van der Waals surface area contributed by atoms with Crippen LogP contribution in [0, 0.1) is 0 Å². The zero-order valence-electron chi connectivity index (χ0n) is 7.86. The van der Waals surface area contributed by atoms with Gasteiger partial charge in [0.1, 0.15) is 0 Å². The van der Waals surface area contributed by atoms with Crippen molar-refractivity contribution in [2.75, 3.05) is 7.05 Å². The molecule has 0 aromatic carbocycles. The fraction of sp³-hybridized carbons (Fsp3) is 0.444. The molecule has 4 heteroatoms. The van der Waals surface area contributed by atoms with Gasteiger partial charge in [0.15, 0.2) is 0 Å². The fourth-order valence-electron chi connectivity index (χ4n) is 1.08. The number of amides is 1. The summed E-state index contributed by atoms with van der Waals surface area (Å²) in [4.78, 5) is 13.0. The minimum absolute atomic E-state index is 0.0220. The number of carbonyl (C=O) groups is 1. The molecule has 0 aliphatic heterocycles. The number of nitrogens with zero attached hydrogens (tertiary/aromatic N) is 1. The Kier molecular flexibility index (Phi) is 3.45. The molecular weight excluding hydrogens is 184 g/mol. The van der Waals surface area contributed by atoms with Gasteiger partial charge >= 0.3 is 0 Å². The molecule has 1 heterocycles. The molecule has 0 aliphatic carbocycles. The van der Waals surface area contributed by atoms with E-state index in [-0.39, 0.29) is 5.91 Å². The third-order valence-electron chi connectivity index (χ3n) is 1.77. The lowest BCUT2D eigenvalue weighted by atomic mass is 10.2. The predicted molar refractivity (Wildman–Crippen MR) is 54.4 cm³/mol. The van der Waals surface area contributed by atoms with Crippen molar-refractivity contribution >= 4 is 17.2 Å². The molecule has 2 N–H and O–H groups in total. The normalized spacial score (nSPS) is 12.5. The SMILES string of the molecule is C[C@H](N)C(=O)N(C)Cc1ccsc1. The molecule has 72 valence electrons. The zero-order valence-corrected chi connectivity index (χ0v) is 8.67. The summed E-state index contributed by atoms with van der Waals surface area (Å²) in [5.41, 5.74) is 6.63. The van der Waals surface area contributed by atoms with Gasteiger partial charge in [0, 0.05) is 13.6 Å². The van der Waals surface area contributed by atoms with Crippen molar-refractivity contribution in [3.63, 3.8) is 0 Å². The van der Waals surface area contributed by atoms with Gasteiger partial charge in [0.2, 0.25) is 5.91 Å². The molecule has 1 aromatic heterocycles. The minimum Gasteiger partial charge on any atom is -0.340 e. The lowest BCUT2D eigenvalue weighted by Crippen LogP contribution is -2.39. The first-order valence-corrected chi connectivity index (χ1v) is 5.07. The van der Waals surface area contributed by atoms with Crippen LogP contribution in [-0.2, 0) is 11.3 Å². The quantitative estimate of drug-likeness (QED) is 0.789. The highest BCUT2D eigenvalue weighted by Crippen LogP contribution is 2.08. The van der Waals surface area contributed by atoms with Crippen LogP contribution in [0.3, 0.4) is 0 Å². The van der Waals surface area contributed by atoms with Crippen molar-refractivity contribution < 1.29 is 4.79 Å². The molecule has 1 rings (SSSR count). The van der Waals surface area contributed by atoms with Crippen LogP contribution in [0.5, 0.6) is 0 Å². The van der Waals surface area contributed by atoms with Gasteiger partial charge in [-0.2, -0.15) is 11.3 Å². The van der Waals surface area contributed by atoms with Crippen LogP contribution < -0.4 is 5.73 Å². The summed E-state index contributed by atoms with van der Waals surface area (Å²) in [6, 6.07) is 1.60. The Morgan fingerprint density at radius 2 is 2.46 bits per heavy atom. The first-order chi connectivity index (χ1) is 6.11. The topological polar surface area (TPSA) is 46.3 Å². The van der Waals surface area contributed by atoms with E-state index in [1.807, 2.05) is 16.8 Å². The van der Waals surface area contributed by atoms with Gasteiger partial charge in [-0.15, -0.1) is 0 Å². The summed E-state index contributed by atoms with van der Waals surface area (Å²) in [6.45, 7) is 2.34. The molecule has 1 aromatic rings. The first kappa shape index (κ1) is 10.2. The minimum atomic E-state index is -0.413. The lowest BCUT2D eigenvalue weighted by molar-refractivity contribution is -0.131. The molecule has 0 saturated carbocycles. The van der Waals surface area contributed by atoms with Crippen molar-refractivity contribution in [3.05, 3.63) is 22.4 Å². The summed E-state index contributed by atoms with van der Waals surface area (Å²) in [6.07, 6.45) is 0. The largest absolute Gasteiger partial charge is 0.340 e. The number of thiophene rings is 1. The van der Waals surface area contributed by atoms with E-state index >= 15 is 0 Å². The van der Waals surface area contributed by atoms with Crippen LogP contribution in [0.25, 0.3) is 0 Å². The van der Waals surface area contributed by atoms with E-state index in [2.05, 4.69) is 0 Å². The molecule has 3 nitrogen and oxygen atoms in total. The fourth-order valence-corrected chi connectivity index (χ4v) is 1.74. The number of hydrogen-bond donors (Lipinski definition) is 1. The van der Waals surface area contributed by atoms with Gasteiger partial charge in [-0.3, -0.25) is 4.79 Å². The van der Waals surface area contributed by atoms with E-state index < -0.39 is 6.04 Å². The number of carbonyl (C=O) groups excluding carboxylic acids is 1. The Morgan fingerprint density at radius 3 is 2.92 bits per heavy atom. The summed E-state index contributed by atoms with van der Waals surface area (Å²) < 4.78 is 0. The monoisotopic (exact) mass is 198 g/mol. The molecule has 13 heavy (non-hydrogen) atoms. The van der Waals surface area contributed by atoms with Crippen LogP contribution in [0.4, 0.5) is 0 Å². The van der Waals surface area contributed by atoms with Crippen LogP contribution in [0.1, 0.15) is 12.5 Å². The Morgan fingerprint density at radius 1 is 1.77 bits per heavy atom. The second-order valence-corrected chi connectivity index (χ2v) is 3.89. The maximum Gasteiger partial charge on any atom is 0.239 e. The van der Waals surface area contributed by atoms with E-state index in [1.54, 1.807) is 30.2 Å². The standard InChI is InChI=1S/C9H14N2OS/c1-7(10)9(12)11(2)5-8-3-4-13-6-8/h3-4,6-7H,5,10H2,1-2H3/t7-/m0/s1. The van der Waals surface area contributed by atoms with Crippen LogP contribution in [-0.4, -0.2) is 23.9 Å². The van der Waals surface area contributed by atoms with Gasteiger partial charge in [-0.1, -0.05) is 0 Å². The third kappa shape index (κ3) is 2.82.